The summed E-state index contributed by atoms with van der Waals surface area (Å²) < 4.78 is 11.8. The molecule has 0 amide bonds. The van der Waals surface area contributed by atoms with Crippen LogP contribution in [-0.2, 0) is 22.7 Å². The lowest BCUT2D eigenvalue weighted by molar-refractivity contribution is -0.155. The molecule has 0 fully saturated rings. The molecule has 0 heterocycles. The SMILES string of the molecule is C=C(C)CC(OCc1ccccc1)OCc1ccccc1. The van der Waals surface area contributed by atoms with Crippen LogP contribution in [0.3, 0.4) is 0 Å². The van der Waals surface area contributed by atoms with Gasteiger partial charge in [-0.25, -0.2) is 0 Å². The zero-order chi connectivity index (χ0) is 14.9. The summed E-state index contributed by atoms with van der Waals surface area (Å²) >= 11 is 0. The normalized spacial score (nSPS) is 10.8. The van der Waals surface area contributed by atoms with Gasteiger partial charge >= 0.3 is 0 Å². The second kappa shape index (κ2) is 8.40. The van der Waals surface area contributed by atoms with E-state index in [-0.39, 0.29) is 6.29 Å². The standard InChI is InChI=1S/C19H22O2/c1-16(2)13-19(20-14-17-9-5-3-6-10-17)21-15-18-11-7-4-8-12-18/h3-12,19H,1,13-15H2,2H3. The van der Waals surface area contributed by atoms with Gasteiger partial charge in [0.25, 0.3) is 0 Å². The van der Waals surface area contributed by atoms with Crippen molar-refractivity contribution in [3.63, 3.8) is 0 Å². The number of benzene rings is 2. The highest BCUT2D eigenvalue weighted by Gasteiger charge is 2.10. The molecule has 0 aliphatic heterocycles. The Morgan fingerprint density at radius 2 is 1.29 bits per heavy atom. The fraction of sp³-hybridized carbons (Fsp3) is 0.263. The van der Waals surface area contributed by atoms with Gasteiger partial charge in [0.15, 0.2) is 6.29 Å². The van der Waals surface area contributed by atoms with E-state index in [1.165, 1.54) is 0 Å². The molecule has 0 unspecified atom stereocenters. The van der Waals surface area contributed by atoms with Crippen molar-refractivity contribution in [1.82, 2.24) is 0 Å². The lowest BCUT2D eigenvalue weighted by atomic mass is 10.2. The summed E-state index contributed by atoms with van der Waals surface area (Å²) in [6, 6.07) is 20.2. The van der Waals surface area contributed by atoms with Gasteiger partial charge in [0.1, 0.15) is 0 Å². The fourth-order valence-electron chi connectivity index (χ4n) is 1.98. The van der Waals surface area contributed by atoms with E-state index in [2.05, 4.69) is 30.8 Å². The average molecular weight is 282 g/mol. The maximum atomic E-state index is 5.88. The molecule has 0 aromatic heterocycles. The Hall–Kier alpha value is -1.90. The van der Waals surface area contributed by atoms with E-state index in [1.807, 2.05) is 43.3 Å². The molecule has 0 saturated carbocycles. The molecular formula is C19H22O2. The van der Waals surface area contributed by atoms with Gasteiger partial charge < -0.3 is 9.47 Å². The molecule has 0 aliphatic rings. The van der Waals surface area contributed by atoms with Gasteiger partial charge in [-0.15, -0.1) is 0 Å². The third-order valence-electron chi connectivity index (χ3n) is 3.07. The number of rotatable bonds is 8. The van der Waals surface area contributed by atoms with Crippen molar-refractivity contribution in [3.05, 3.63) is 83.9 Å². The topological polar surface area (TPSA) is 18.5 Å². The van der Waals surface area contributed by atoms with E-state index >= 15 is 0 Å². The maximum absolute atomic E-state index is 5.88. The number of ether oxygens (including phenoxy) is 2. The molecule has 0 spiro atoms. The van der Waals surface area contributed by atoms with Crippen molar-refractivity contribution >= 4 is 0 Å². The number of hydrogen-bond donors (Lipinski definition) is 0. The highest BCUT2D eigenvalue weighted by atomic mass is 16.7. The van der Waals surface area contributed by atoms with Gasteiger partial charge in [0.2, 0.25) is 0 Å². The van der Waals surface area contributed by atoms with E-state index in [4.69, 9.17) is 9.47 Å². The summed E-state index contributed by atoms with van der Waals surface area (Å²) in [6.07, 6.45) is 0.447. The van der Waals surface area contributed by atoms with Crippen LogP contribution in [0, 0.1) is 0 Å². The molecule has 0 atom stereocenters. The summed E-state index contributed by atoms with van der Waals surface area (Å²) in [7, 11) is 0. The molecule has 110 valence electrons. The zero-order valence-electron chi connectivity index (χ0n) is 12.5. The Labute approximate surface area is 127 Å². The first-order chi connectivity index (χ1) is 10.2. The smallest absolute Gasteiger partial charge is 0.162 e. The summed E-state index contributed by atoms with van der Waals surface area (Å²) in [5.41, 5.74) is 3.35. The second-order valence-corrected chi connectivity index (χ2v) is 5.18. The van der Waals surface area contributed by atoms with Gasteiger partial charge in [-0.3, -0.25) is 0 Å². The summed E-state index contributed by atoms with van der Waals surface area (Å²) in [4.78, 5) is 0. The molecule has 0 saturated heterocycles. The Balaban J connectivity index is 1.87. The fourth-order valence-corrected chi connectivity index (χ4v) is 1.98. The predicted molar refractivity (Wildman–Crippen MR) is 85.7 cm³/mol. The second-order valence-electron chi connectivity index (χ2n) is 5.18. The van der Waals surface area contributed by atoms with Crippen molar-refractivity contribution in [2.45, 2.75) is 32.8 Å². The van der Waals surface area contributed by atoms with Crippen LogP contribution in [0.5, 0.6) is 0 Å². The third-order valence-corrected chi connectivity index (χ3v) is 3.07. The molecule has 0 bridgehead atoms. The Kier molecular flexibility index (Phi) is 6.20. The van der Waals surface area contributed by atoms with E-state index in [0.29, 0.717) is 19.6 Å². The molecule has 2 aromatic carbocycles. The highest BCUT2D eigenvalue weighted by molar-refractivity contribution is 5.14. The maximum Gasteiger partial charge on any atom is 0.162 e. The van der Waals surface area contributed by atoms with Crippen LogP contribution in [-0.4, -0.2) is 6.29 Å². The predicted octanol–water partition coefficient (Wildman–Crippen LogP) is 4.71. The molecule has 2 nitrogen and oxygen atoms in total. The monoisotopic (exact) mass is 282 g/mol. The summed E-state index contributed by atoms with van der Waals surface area (Å²) in [5.74, 6) is 0. The molecular weight excluding hydrogens is 260 g/mol. The molecule has 21 heavy (non-hydrogen) atoms. The molecule has 0 aliphatic carbocycles. The van der Waals surface area contributed by atoms with Crippen LogP contribution < -0.4 is 0 Å². The van der Waals surface area contributed by atoms with Crippen molar-refractivity contribution in [2.75, 3.05) is 0 Å². The minimum absolute atomic E-state index is 0.261. The van der Waals surface area contributed by atoms with Crippen molar-refractivity contribution in [3.8, 4) is 0 Å². The molecule has 0 radical (unpaired) electrons. The quantitative estimate of drug-likeness (QED) is 0.515. The highest BCUT2D eigenvalue weighted by Crippen LogP contribution is 2.13. The third kappa shape index (κ3) is 5.94. The van der Waals surface area contributed by atoms with Crippen LogP contribution in [0.4, 0.5) is 0 Å². The minimum atomic E-state index is -0.261. The van der Waals surface area contributed by atoms with Gasteiger partial charge in [-0.05, 0) is 18.1 Å². The lowest BCUT2D eigenvalue weighted by Crippen LogP contribution is -2.17. The van der Waals surface area contributed by atoms with E-state index in [1.54, 1.807) is 0 Å². The van der Waals surface area contributed by atoms with Crippen LogP contribution in [0.25, 0.3) is 0 Å². The summed E-state index contributed by atoms with van der Waals surface area (Å²) in [5, 5.41) is 0. The molecule has 2 aromatic rings. The van der Waals surface area contributed by atoms with Gasteiger partial charge in [0, 0.05) is 6.42 Å². The molecule has 2 rings (SSSR count). The minimum Gasteiger partial charge on any atom is -0.348 e. The van der Waals surface area contributed by atoms with Crippen LogP contribution in [0.1, 0.15) is 24.5 Å². The van der Waals surface area contributed by atoms with Crippen LogP contribution >= 0.6 is 0 Å². The largest absolute Gasteiger partial charge is 0.348 e. The van der Waals surface area contributed by atoms with Crippen LogP contribution in [0.15, 0.2) is 72.8 Å². The first-order valence-electron chi connectivity index (χ1n) is 7.19. The Morgan fingerprint density at radius 1 is 0.857 bits per heavy atom. The summed E-state index contributed by atoms with van der Waals surface area (Å²) in [6.45, 7) is 7.03. The van der Waals surface area contributed by atoms with Crippen molar-refractivity contribution in [2.24, 2.45) is 0 Å². The van der Waals surface area contributed by atoms with Crippen LogP contribution in [0.2, 0.25) is 0 Å². The molecule has 2 heteroatoms. The zero-order valence-corrected chi connectivity index (χ0v) is 12.5. The first-order valence-corrected chi connectivity index (χ1v) is 7.19. The van der Waals surface area contributed by atoms with E-state index < -0.39 is 0 Å². The van der Waals surface area contributed by atoms with Crippen molar-refractivity contribution in [1.29, 1.82) is 0 Å². The van der Waals surface area contributed by atoms with Gasteiger partial charge in [-0.1, -0.05) is 72.8 Å². The Morgan fingerprint density at radius 3 is 1.67 bits per heavy atom. The van der Waals surface area contributed by atoms with Gasteiger partial charge in [-0.2, -0.15) is 0 Å². The van der Waals surface area contributed by atoms with Gasteiger partial charge in [0.05, 0.1) is 13.2 Å². The van der Waals surface area contributed by atoms with E-state index in [0.717, 1.165) is 16.7 Å². The lowest BCUT2D eigenvalue weighted by Gasteiger charge is -2.19. The van der Waals surface area contributed by atoms with Crippen molar-refractivity contribution < 1.29 is 9.47 Å². The van der Waals surface area contributed by atoms with E-state index in [9.17, 15) is 0 Å². The average Bonchev–Trinajstić information content (AvgIpc) is 2.51. The Bertz CT molecular complexity index is 491. The molecule has 0 N–H and O–H groups in total. The first kappa shape index (κ1) is 15.5. The number of hydrogen-bond acceptors (Lipinski definition) is 2.